The van der Waals surface area contributed by atoms with Gasteiger partial charge in [0.25, 0.3) is 0 Å². The minimum absolute atomic E-state index is 0.310. The molecular formula is C11H12F3N3. The van der Waals surface area contributed by atoms with Gasteiger partial charge in [-0.3, -0.25) is 0 Å². The lowest BCUT2D eigenvalue weighted by atomic mass is 10.3. The van der Waals surface area contributed by atoms with E-state index in [9.17, 15) is 13.2 Å². The van der Waals surface area contributed by atoms with Crippen LogP contribution in [0.1, 0.15) is 5.82 Å². The summed E-state index contributed by atoms with van der Waals surface area (Å²) < 4.78 is 38.7. The van der Waals surface area contributed by atoms with Crippen molar-refractivity contribution in [3.05, 3.63) is 30.1 Å². The Labute approximate surface area is 96.3 Å². The largest absolute Gasteiger partial charge is 0.406 e. The van der Waals surface area contributed by atoms with Gasteiger partial charge in [0.2, 0.25) is 0 Å². The van der Waals surface area contributed by atoms with Crippen LogP contribution in [0.25, 0.3) is 11.0 Å². The molecule has 0 atom stereocenters. The standard InChI is InChI=1S/C11H12F3N3/c1-15-6-10-16-8-4-2-3-5-9(8)17(10)7-11(12,13)14/h2-5,15H,6-7H2,1H3. The van der Waals surface area contributed by atoms with Crippen LogP contribution in [0.15, 0.2) is 24.3 Å². The fraction of sp³-hybridized carbons (Fsp3) is 0.364. The fourth-order valence-electron chi connectivity index (χ4n) is 1.77. The van der Waals surface area contributed by atoms with E-state index < -0.39 is 12.7 Å². The van der Waals surface area contributed by atoms with Crippen LogP contribution < -0.4 is 5.32 Å². The Morgan fingerprint density at radius 3 is 2.65 bits per heavy atom. The second-order valence-electron chi connectivity index (χ2n) is 3.75. The summed E-state index contributed by atoms with van der Waals surface area (Å²) in [5.74, 6) is 0.394. The molecule has 3 nitrogen and oxygen atoms in total. The lowest BCUT2D eigenvalue weighted by Gasteiger charge is -2.11. The van der Waals surface area contributed by atoms with Crippen molar-refractivity contribution >= 4 is 11.0 Å². The van der Waals surface area contributed by atoms with Crippen molar-refractivity contribution in [2.75, 3.05) is 7.05 Å². The van der Waals surface area contributed by atoms with Crippen LogP contribution in [0.2, 0.25) is 0 Å². The summed E-state index contributed by atoms with van der Waals surface area (Å²) in [6.07, 6.45) is -4.24. The summed E-state index contributed by atoms with van der Waals surface area (Å²) >= 11 is 0. The zero-order valence-electron chi connectivity index (χ0n) is 9.25. The van der Waals surface area contributed by atoms with Crippen molar-refractivity contribution < 1.29 is 13.2 Å². The first-order chi connectivity index (χ1) is 8.01. The van der Waals surface area contributed by atoms with E-state index in [1.165, 1.54) is 4.57 Å². The fourth-order valence-corrected chi connectivity index (χ4v) is 1.77. The lowest BCUT2D eigenvalue weighted by molar-refractivity contribution is -0.140. The Hall–Kier alpha value is -1.56. The van der Waals surface area contributed by atoms with Gasteiger partial charge in [-0.1, -0.05) is 12.1 Å². The molecule has 0 radical (unpaired) electrons. The molecule has 0 aliphatic rings. The zero-order chi connectivity index (χ0) is 12.5. The maximum atomic E-state index is 12.5. The van der Waals surface area contributed by atoms with Crippen molar-refractivity contribution in [3.8, 4) is 0 Å². The van der Waals surface area contributed by atoms with Gasteiger partial charge in [-0.25, -0.2) is 4.98 Å². The molecule has 1 N–H and O–H groups in total. The molecule has 0 amide bonds. The highest BCUT2D eigenvalue weighted by Gasteiger charge is 2.30. The predicted molar refractivity (Wildman–Crippen MR) is 58.6 cm³/mol. The monoisotopic (exact) mass is 243 g/mol. The lowest BCUT2D eigenvalue weighted by Crippen LogP contribution is -2.21. The number of hydrogen-bond acceptors (Lipinski definition) is 2. The van der Waals surface area contributed by atoms with Crippen LogP contribution in [0.4, 0.5) is 13.2 Å². The minimum atomic E-state index is -4.24. The van der Waals surface area contributed by atoms with E-state index in [4.69, 9.17) is 0 Å². The molecule has 2 aromatic rings. The Morgan fingerprint density at radius 2 is 2.00 bits per heavy atom. The second kappa shape index (κ2) is 4.37. The quantitative estimate of drug-likeness (QED) is 0.896. The maximum Gasteiger partial charge on any atom is 0.406 e. The van der Waals surface area contributed by atoms with Crippen LogP contribution in [-0.4, -0.2) is 22.8 Å². The van der Waals surface area contributed by atoms with E-state index in [1.807, 2.05) is 0 Å². The number of aromatic nitrogens is 2. The van der Waals surface area contributed by atoms with Crippen molar-refractivity contribution in [2.45, 2.75) is 19.3 Å². The third-order valence-corrected chi connectivity index (χ3v) is 2.41. The topological polar surface area (TPSA) is 29.9 Å². The molecular weight excluding hydrogens is 231 g/mol. The Morgan fingerprint density at radius 1 is 1.29 bits per heavy atom. The second-order valence-corrected chi connectivity index (χ2v) is 3.75. The number of rotatable bonds is 3. The third-order valence-electron chi connectivity index (χ3n) is 2.41. The first-order valence-corrected chi connectivity index (χ1v) is 5.17. The molecule has 0 unspecified atom stereocenters. The van der Waals surface area contributed by atoms with Crippen LogP contribution in [0.3, 0.4) is 0 Å². The number of nitrogens with zero attached hydrogens (tertiary/aromatic N) is 2. The van der Waals surface area contributed by atoms with E-state index in [1.54, 1.807) is 31.3 Å². The number of para-hydroxylation sites is 2. The van der Waals surface area contributed by atoms with E-state index in [2.05, 4.69) is 10.3 Å². The smallest absolute Gasteiger partial charge is 0.318 e. The SMILES string of the molecule is CNCc1nc2ccccc2n1CC(F)(F)F. The van der Waals surface area contributed by atoms with Crippen LogP contribution in [0.5, 0.6) is 0 Å². The van der Waals surface area contributed by atoms with Crippen molar-refractivity contribution in [1.29, 1.82) is 0 Å². The molecule has 0 aliphatic carbocycles. The molecule has 0 bridgehead atoms. The highest BCUT2D eigenvalue weighted by atomic mass is 19.4. The summed E-state index contributed by atoms with van der Waals surface area (Å²) in [5, 5.41) is 2.82. The van der Waals surface area contributed by atoms with Gasteiger partial charge in [-0.05, 0) is 19.2 Å². The Balaban J connectivity index is 2.51. The predicted octanol–water partition coefficient (Wildman–Crippen LogP) is 2.32. The van der Waals surface area contributed by atoms with Crippen LogP contribution in [-0.2, 0) is 13.1 Å². The molecule has 0 aliphatic heterocycles. The van der Waals surface area contributed by atoms with E-state index in [0.29, 0.717) is 23.4 Å². The van der Waals surface area contributed by atoms with Gasteiger partial charge >= 0.3 is 6.18 Å². The maximum absolute atomic E-state index is 12.5. The molecule has 92 valence electrons. The molecule has 17 heavy (non-hydrogen) atoms. The molecule has 0 spiro atoms. The van der Waals surface area contributed by atoms with Gasteiger partial charge in [0.15, 0.2) is 0 Å². The van der Waals surface area contributed by atoms with Crippen LogP contribution in [0, 0.1) is 0 Å². The average Bonchev–Trinajstić information content (AvgIpc) is 2.56. The summed E-state index contributed by atoms with van der Waals surface area (Å²) in [6.45, 7) is -0.699. The average molecular weight is 243 g/mol. The van der Waals surface area contributed by atoms with Crippen molar-refractivity contribution in [3.63, 3.8) is 0 Å². The van der Waals surface area contributed by atoms with Gasteiger partial charge in [-0.15, -0.1) is 0 Å². The highest BCUT2D eigenvalue weighted by Crippen LogP contribution is 2.23. The van der Waals surface area contributed by atoms with Crippen LogP contribution >= 0.6 is 0 Å². The number of halogens is 3. The van der Waals surface area contributed by atoms with Crippen molar-refractivity contribution in [1.82, 2.24) is 14.9 Å². The van der Waals surface area contributed by atoms with Gasteiger partial charge in [0, 0.05) is 0 Å². The normalized spacial score (nSPS) is 12.2. The molecule has 2 rings (SSSR count). The summed E-state index contributed by atoms with van der Waals surface area (Å²) in [6, 6.07) is 6.82. The molecule has 0 saturated carbocycles. The van der Waals surface area contributed by atoms with E-state index in [-0.39, 0.29) is 0 Å². The summed E-state index contributed by atoms with van der Waals surface area (Å²) in [4.78, 5) is 4.19. The van der Waals surface area contributed by atoms with Gasteiger partial charge in [0.05, 0.1) is 17.6 Å². The number of imidazole rings is 1. The summed E-state index contributed by atoms with van der Waals surface area (Å²) in [5.41, 5.74) is 1.09. The number of alkyl halides is 3. The molecule has 1 aromatic heterocycles. The Bertz CT molecular complexity index is 516. The highest BCUT2D eigenvalue weighted by molar-refractivity contribution is 5.75. The minimum Gasteiger partial charge on any atom is -0.318 e. The number of hydrogen-bond donors (Lipinski definition) is 1. The summed E-state index contributed by atoms with van der Waals surface area (Å²) in [7, 11) is 1.68. The molecule has 0 saturated heterocycles. The van der Waals surface area contributed by atoms with E-state index >= 15 is 0 Å². The molecule has 1 aromatic carbocycles. The van der Waals surface area contributed by atoms with E-state index in [0.717, 1.165) is 0 Å². The molecule has 0 fully saturated rings. The number of nitrogens with one attached hydrogen (secondary N) is 1. The van der Waals surface area contributed by atoms with Gasteiger partial charge < -0.3 is 9.88 Å². The van der Waals surface area contributed by atoms with Gasteiger partial charge in [0.1, 0.15) is 12.4 Å². The van der Waals surface area contributed by atoms with Gasteiger partial charge in [-0.2, -0.15) is 13.2 Å². The molecule has 1 heterocycles. The van der Waals surface area contributed by atoms with Crippen molar-refractivity contribution in [2.24, 2.45) is 0 Å². The first kappa shape index (κ1) is 11.9. The Kier molecular flexibility index (Phi) is 3.06. The zero-order valence-corrected chi connectivity index (χ0v) is 9.25. The number of fused-ring (bicyclic) bond motifs is 1. The third kappa shape index (κ3) is 2.58. The number of benzene rings is 1. The molecule has 6 heteroatoms. The first-order valence-electron chi connectivity index (χ1n) is 5.17.